The first-order valence-electron chi connectivity index (χ1n) is 7.81. The van der Waals surface area contributed by atoms with E-state index in [1.54, 1.807) is 0 Å². The van der Waals surface area contributed by atoms with Crippen LogP contribution >= 0.6 is 12.4 Å². The minimum atomic E-state index is -0.472. The Morgan fingerprint density at radius 3 is 2.88 bits per heavy atom. The van der Waals surface area contributed by atoms with Crippen molar-refractivity contribution in [2.75, 3.05) is 18.5 Å². The van der Waals surface area contributed by atoms with Crippen molar-refractivity contribution in [3.05, 3.63) is 53.6 Å². The zero-order valence-corrected chi connectivity index (χ0v) is 13.9. The molecule has 2 aliphatic rings. The number of amides is 1. The summed E-state index contributed by atoms with van der Waals surface area (Å²) in [6.45, 7) is 2.22. The number of hydrogen-bond acceptors (Lipinski definition) is 4. The van der Waals surface area contributed by atoms with Gasteiger partial charge in [0.1, 0.15) is 18.1 Å². The summed E-state index contributed by atoms with van der Waals surface area (Å²) in [6, 6.07) is 13.5. The summed E-state index contributed by atoms with van der Waals surface area (Å²) >= 11 is 0. The van der Waals surface area contributed by atoms with E-state index in [1.165, 1.54) is 0 Å². The molecule has 126 valence electrons. The van der Waals surface area contributed by atoms with Crippen LogP contribution in [0.5, 0.6) is 11.5 Å². The standard InChI is InChI=1S/C18H18N2O3.ClH/c21-18(17-10-12-3-1-2-4-16(12)23-17)20-14-5-6-15-13(9-14)11-19-7-8-22-15;/h1-6,9,17,19H,7-8,10-11H2,(H,20,21);1H. The molecule has 0 aromatic heterocycles. The van der Waals surface area contributed by atoms with Crippen LogP contribution in [0.15, 0.2) is 42.5 Å². The third-order valence-corrected chi connectivity index (χ3v) is 4.12. The number of hydrogen-bond donors (Lipinski definition) is 2. The molecule has 0 bridgehead atoms. The molecule has 6 heteroatoms. The lowest BCUT2D eigenvalue weighted by Crippen LogP contribution is -2.31. The van der Waals surface area contributed by atoms with Crippen molar-refractivity contribution in [1.82, 2.24) is 5.32 Å². The van der Waals surface area contributed by atoms with Gasteiger partial charge in [0.05, 0.1) is 0 Å². The van der Waals surface area contributed by atoms with E-state index in [4.69, 9.17) is 9.47 Å². The van der Waals surface area contributed by atoms with Crippen LogP contribution in [0.3, 0.4) is 0 Å². The van der Waals surface area contributed by atoms with Crippen LogP contribution < -0.4 is 20.1 Å². The van der Waals surface area contributed by atoms with Crippen molar-refractivity contribution in [3.8, 4) is 11.5 Å². The molecule has 2 N–H and O–H groups in total. The molecule has 0 aliphatic carbocycles. The van der Waals surface area contributed by atoms with E-state index in [9.17, 15) is 4.79 Å². The maximum absolute atomic E-state index is 12.4. The van der Waals surface area contributed by atoms with Gasteiger partial charge < -0.3 is 20.1 Å². The smallest absolute Gasteiger partial charge is 0.265 e. The highest BCUT2D eigenvalue weighted by atomic mass is 35.5. The average molecular weight is 347 g/mol. The Hall–Kier alpha value is -2.24. The summed E-state index contributed by atoms with van der Waals surface area (Å²) < 4.78 is 11.4. The number of anilines is 1. The van der Waals surface area contributed by atoms with Crippen molar-refractivity contribution in [3.63, 3.8) is 0 Å². The molecule has 1 unspecified atom stereocenters. The fourth-order valence-electron chi connectivity index (χ4n) is 2.94. The molecule has 2 aliphatic heterocycles. The van der Waals surface area contributed by atoms with Gasteiger partial charge in [0.2, 0.25) is 0 Å². The molecule has 0 saturated heterocycles. The second-order valence-electron chi connectivity index (χ2n) is 5.76. The quantitative estimate of drug-likeness (QED) is 0.877. The van der Waals surface area contributed by atoms with Crippen molar-refractivity contribution >= 4 is 24.0 Å². The van der Waals surface area contributed by atoms with E-state index in [0.29, 0.717) is 13.0 Å². The lowest BCUT2D eigenvalue weighted by molar-refractivity contribution is -0.122. The third-order valence-electron chi connectivity index (χ3n) is 4.12. The number of carbonyl (C=O) groups is 1. The van der Waals surface area contributed by atoms with Crippen LogP contribution in [0.1, 0.15) is 11.1 Å². The minimum absolute atomic E-state index is 0. The van der Waals surface area contributed by atoms with Gasteiger partial charge in [-0.2, -0.15) is 0 Å². The van der Waals surface area contributed by atoms with E-state index in [0.717, 1.165) is 41.4 Å². The van der Waals surface area contributed by atoms with Crippen LogP contribution in [-0.4, -0.2) is 25.2 Å². The highest BCUT2D eigenvalue weighted by Gasteiger charge is 2.28. The first-order chi connectivity index (χ1) is 11.3. The number of ether oxygens (including phenoxy) is 2. The number of rotatable bonds is 2. The second kappa shape index (κ2) is 7.11. The van der Waals surface area contributed by atoms with Crippen LogP contribution in [0.4, 0.5) is 5.69 Å². The van der Waals surface area contributed by atoms with Crippen molar-refractivity contribution in [2.45, 2.75) is 19.1 Å². The fourth-order valence-corrected chi connectivity index (χ4v) is 2.94. The summed E-state index contributed by atoms with van der Waals surface area (Å²) in [5, 5.41) is 6.23. The molecule has 0 saturated carbocycles. The molecule has 24 heavy (non-hydrogen) atoms. The van der Waals surface area contributed by atoms with Crippen LogP contribution in [0.2, 0.25) is 0 Å². The summed E-state index contributed by atoms with van der Waals surface area (Å²) in [6.07, 6.45) is 0.137. The minimum Gasteiger partial charge on any atom is -0.492 e. The van der Waals surface area contributed by atoms with Gasteiger partial charge in [-0.05, 0) is 29.8 Å². The van der Waals surface area contributed by atoms with Gasteiger partial charge in [-0.3, -0.25) is 4.79 Å². The highest BCUT2D eigenvalue weighted by molar-refractivity contribution is 5.95. The van der Waals surface area contributed by atoms with Gasteiger partial charge in [-0.1, -0.05) is 18.2 Å². The molecule has 0 spiro atoms. The van der Waals surface area contributed by atoms with E-state index in [1.807, 2.05) is 42.5 Å². The first kappa shape index (κ1) is 16.6. The number of para-hydroxylation sites is 1. The highest BCUT2D eigenvalue weighted by Crippen LogP contribution is 2.29. The predicted molar refractivity (Wildman–Crippen MR) is 94.1 cm³/mol. The number of fused-ring (bicyclic) bond motifs is 2. The molecule has 5 nitrogen and oxygen atoms in total. The summed E-state index contributed by atoms with van der Waals surface area (Å²) in [7, 11) is 0. The molecular weight excluding hydrogens is 328 g/mol. The van der Waals surface area contributed by atoms with Gasteiger partial charge in [0.15, 0.2) is 6.10 Å². The van der Waals surface area contributed by atoms with Crippen LogP contribution in [0.25, 0.3) is 0 Å². The van der Waals surface area contributed by atoms with Gasteiger partial charge in [-0.25, -0.2) is 0 Å². The monoisotopic (exact) mass is 346 g/mol. The average Bonchev–Trinajstić information content (AvgIpc) is 2.87. The van der Waals surface area contributed by atoms with Crippen molar-refractivity contribution < 1.29 is 14.3 Å². The van der Waals surface area contributed by atoms with Crippen molar-refractivity contribution in [1.29, 1.82) is 0 Å². The Bertz CT molecular complexity index is 726. The largest absolute Gasteiger partial charge is 0.492 e. The second-order valence-corrected chi connectivity index (χ2v) is 5.76. The van der Waals surface area contributed by atoms with Crippen LogP contribution in [-0.2, 0) is 17.8 Å². The molecule has 1 atom stereocenters. The molecule has 4 rings (SSSR count). The zero-order valence-electron chi connectivity index (χ0n) is 13.1. The van der Waals surface area contributed by atoms with Gasteiger partial charge in [0.25, 0.3) is 5.91 Å². The fraction of sp³-hybridized carbons (Fsp3) is 0.278. The topological polar surface area (TPSA) is 59.6 Å². The summed E-state index contributed by atoms with van der Waals surface area (Å²) in [5.41, 5.74) is 2.89. The molecule has 2 heterocycles. The van der Waals surface area contributed by atoms with E-state index < -0.39 is 6.10 Å². The Kier molecular flexibility index (Phi) is 4.92. The maximum atomic E-state index is 12.4. The Morgan fingerprint density at radius 2 is 2.00 bits per heavy atom. The molecular formula is C18H19ClN2O3. The van der Waals surface area contributed by atoms with E-state index >= 15 is 0 Å². The van der Waals surface area contributed by atoms with E-state index in [2.05, 4.69) is 10.6 Å². The predicted octanol–water partition coefficient (Wildman–Crippen LogP) is 2.53. The third kappa shape index (κ3) is 3.32. The molecule has 2 aromatic rings. The molecule has 1 amide bonds. The van der Waals surface area contributed by atoms with Gasteiger partial charge >= 0.3 is 0 Å². The molecule has 0 fully saturated rings. The lowest BCUT2D eigenvalue weighted by atomic mass is 10.1. The van der Waals surface area contributed by atoms with Gasteiger partial charge in [0, 0.05) is 30.8 Å². The Balaban J connectivity index is 0.00000169. The Morgan fingerprint density at radius 1 is 1.12 bits per heavy atom. The zero-order chi connectivity index (χ0) is 15.6. The SMILES string of the molecule is Cl.O=C(Nc1ccc2c(c1)CNCCO2)C1Cc2ccccc2O1. The molecule has 2 aromatic carbocycles. The summed E-state index contributed by atoms with van der Waals surface area (Å²) in [4.78, 5) is 12.4. The normalized spacial score (nSPS) is 18.1. The first-order valence-corrected chi connectivity index (χ1v) is 7.81. The number of benzene rings is 2. The maximum Gasteiger partial charge on any atom is 0.265 e. The lowest BCUT2D eigenvalue weighted by Gasteiger charge is -2.13. The van der Waals surface area contributed by atoms with Crippen molar-refractivity contribution in [2.24, 2.45) is 0 Å². The van der Waals surface area contributed by atoms with E-state index in [-0.39, 0.29) is 18.3 Å². The summed E-state index contributed by atoms with van der Waals surface area (Å²) in [5.74, 6) is 1.55. The Labute approximate surface area is 146 Å². The molecule has 0 radical (unpaired) electrons. The van der Waals surface area contributed by atoms with Crippen LogP contribution in [0, 0.1) is 0 Å². The number of carbonyl (C=O) groups excluding carboxylic acids is 1. The number of halogens is 1. The number of nitrogens with one attached hydrogen (secondary N) is 2. The van der Waals surface area contributed by atoms with Gasteiger partial charge in [-0.15, -0.1) is 12.4 Å².